The molecule has 0 nitrogen and oxygen atoms in total. The molecule has 0 rings (SSSR count). The van der Waals surface area contributed by atoms with Crippen LogP contribution < -0.4 is 0 Å². The molecule has 0 aliphatic heterocycles. The maximum absolute atomic E-state index is 6.56. The van der Waals surface area contributed by atoms with Crippen LogP contribution in [0, 0.1) is 0 Å². The zero-order valence-electron chi connectivity index (χ0n) is 30.6. The molecule has 0 unspecified atom stereocenters. The van der Waals surface area contributed by atoms with Crippen molar-refractivity contribution in [3.8, 4) is 0 Å². The Bertz CT molecular complexity index is 792. The first-order valence-corrected chi connectivity index (χ1v) is 17.3. The lowest BCUT2D eigenvalue weighted by Gasteiger charge is -2.61. The molecule has 0 atom stereocenters. The first-order chi connectivity index (χ1) is 24.1. The first-order valence-electron chi connectivity index (χ1n) is 17.3. The van der Waals surface area contributed by atoms with Gasteiger partial charge in [0.1, 0.15) is 0 Å². The molecule has 0 saturated heterocycles. The molecule has 0 spiro atoms. The SMILES string of the molecule is [B]B([B])B(B([B])[B])B(B([B][B-])B([B-])[B-])B(B(B([B])[B])B([B])[B])B(B(B(B([B])[B])B([B])[B])B(B([B])[B])B([B])[B])B(B(B([B])[B])B([B])[B])B(B([B])[B])B([B])[B]. The van der Waals surface area contributed by atoms with E-state index in [1.54, 1.807) is 0 Å². The molecular weight excluding hydrogens is 573 g/mol. The van der Waals surface area contributed by atoms with Crippen LogP contribution in [0.15, 0.2) is 0 Å². The topological polar surface area (TPSA) is 0 Å². The minimum atomic E-state index is -1.40. The molecule has 0 aliphatic carbocycles. The van der Waals surface area contributed by atoms with Crippen LogP contribution in [0.2, 0.25) is 0 Å². The molecule has 0 bridgehead atoms. The Balaban J connectivity index is 9.85. The van der Waals surface area contributed by atoms with Crippen LogP contribution in [0.5, 0.6) is 0 Å². The van der Waals surface area contributed by atoms with Crippen molar-refractivity contribution in [1.29, 1.82) is 0 Å². The molecule has 53 heavy (non-hydrogen) atoms. The van der Waals surface area contributed by atoms with E-state index in [4.69, 9.17) is 209 Å². The highest BCUT2D eigenvalue weighted by atomic mass is 13.4. The van der Waals surface area contributed by atoms with Crippen LogP contribution in [0.1, 0.15) is 0 Å². The van der Waals surface area contributed by atoms with Gasteiger partial charge in [-0.25, -0.2) is 0 Å². The summed E-state index contributed by atoms with van der Waals surface area (Å²) in [5.41, 5.74) is 0. The van der Waals surface area contributed by atoms with E-state index in [2.05, 4.69) is 0 Å². The Labute approximate surface area is 372 Å². The van der Waals surface area contributed by atoms with Gasteiger partial charge in [0, 0.05) is 0 Å². The van der Waals surface area contributed by atoms with Gasteiger partial charge < -0.3 is 29.6 Å². The maximum atomic E-state index is 6.56. The molecule has 58 radical (unpaired) electrons. The highest BCUT2D eigenvalue weighted by Crippen LogP contribution is 2.22. The molecule has 0 aromatic rings. The van der Waals surface area contributed by atoms with Gasteiger partial charge in [-0.1, -0.05) is 0 Å². The van der Waals surface area contributed by atoms with Crippen molar-refractivity contribution in [2.75, 3.05) is 0 Å². The van der Waals surface area contributed by atoms with Gasteiger partial charge in [0.15, 0.2) is 0 Å². The third-order valence-electron chi connectivity index (χ3n) is 10.9. The smallest absolute Gasteiger partial charge is 0.000000000000000214 e. The lowest BCUT2D eigenvalue weighted by molar-refractivity contribution is 3.18. The van der Waals surface area contributed by atoms with Crippen molar-refractivity contribution in [3.63, 3.8) is 0 Å². The standard InChI is InChI=1S/B53/c1-28-42(29(2)3)49(43(30(4)5)31(6)7)52(48(40(24)25)41(26)27)53(50(44(32(8)9)33(10)11)45(34(12)13)35(14)15)51(46(36(16)17)37(18)19)47(38(20)21)39(22)23/q-3. The van der Waals surface area contributed by atoms with E-state index in [1.165, 1.54) is 7.06 Å². The molecule has 0 aliphatic rings. The van der Waals surface area contributed by atoms with Gasteiger partial charge in [0.05, 0.1) is 0 Å². The molecule has 0 aromatic carbocycles. The van der Waals surface area contributed by atoms with Crippen molar-refractivity contribution in [3.05, 3.63) is 0 Å². The summed E-state index contributed by atoms with van der Waals surface area (Å²) in [6.45, 7) is 0. The summed E-state index contributed by atoms with van der Waals surface area (Å²) in [7, 11) is 176. The highest BCUT2D eigenvalue weighted by molar-refractivity contribution is 8.36. The van der Waals surface area contributed by atoms with E-state index in [9.17, 15) is 0 Å². The molecule has 0 saturated carbocycles. The Morgan fingerprint density at radius 1 is 0.226 bits per heavy atom. The predicted octanol–water partition coefficient (Wildman–Crippen LogP) is -20.2. The van der Waals surface area contributed by atoms with Crippen LogP contribution in [0.25, 0.3) is 0 Å². The van der Waals surface area contributed by atoms with E-state index >= 15 is 0 Å². The van der Waals surface area contributed by atoms with Crippen LogP contribution in [0.3, 0.4) is 0 Å². The fourth-order valence-electron chi connectivity index (χ4n) is 8.98. The molecule has 0 amide bonds. The monoisotopic (exact) mass is 583 g/mol. The Morgan fingerprint density at radius 3 is 0.491 bits per heavy atom. The van der Waals surface area contributed by atoms with E-state index in [0.29, 0.717) is 0 Å². The van der Waals surface area contributed by atoms with E-state index < -0.39 is 160 Å². The average molecular weight is 573 g/mol. The third-order valence-corrected chi connectivity index (χ3v) is 10.9. The lowest BCUT2D eigenvalue weighted by atomic mass is 8.24. The average Bonchev–Trinajstić information content (AvgIpc) is 2.93. The largest absolute Gasteiger partial charge is 0.729 e. The molecular formula is B53-3. The number of hydrogen-bond acceptors (Lipinski definition) is 0. The first kappa shape index (κ1) is 56.4. The molecule has 0 aromatic heterocycles. The fraction of sp³-hybridized carbons (Fsp3) is 0. The second-order valence-corrected chi connectivity index (χ2v) is 14.6. The van der Waals surface area contributed by atoms with E-state index in [1.807, 2.05) is 0 Å². The highest BCUT2D eigenvalue weighted by Gasteiger charge is 2.60. The van der Waals surface area contributed by atoms with Crippen molar-refractivity contribution in [2.24, 2.45) is 0 Å². The van der Waals surface area contributed by atoms with Crippen molar-refractivity contribution >= 4 is 376 Å². The molecule has 0 heterocycles. The predicted molar refractivity (Wildman–Crippen MR) is 305 cm³/mol. The van der Waals surface area contributed by atoms with Crippen LogP contribution in [-0.2, 0) is 0 Å². The quantitative estimate of drug-likeness (QED) is 0.0954. The van der Waals surface area contributed by atoms with E-state index in [-0.39, 0.29) is 0 Å². The second-order valence-electron chi connectivity index (χ2n) is 14.6. The van der Waals surface area contributed by atoms with Crippen LogP contribution in [0.4, 0.5) is 0 Å². The summed E-state index contributed by atoms with van der Waals surface area (Å²) in [5, 5.41) is 0. The third kappa shape index (κ3) is 15.4. The summed E-state index contributed by atoms with van der Waals surface area (Å²) >= 11 is 0. The lowest BCUT2D eigenvalue weighted by Crippen LogP contribution is -2.95. The molecule has 0 N–H and O–H groups in total. The molecule has 0 fully saturated rings. The van der Waals surface area contributed by atoms with Gasteiger partial charge in [-0.05, 0) is 333 Å². The van der Waals surface area contributed by atoms with Crippen molar-refractivity contribution in [2.45, 2.75) is 0 Å². The van der Waals surface area contributed by atoms with Gasteiger partial charge in [-0.3, -0.25) is 7.06 Å². The number of hydrogen-bond donors (Lipinski definition) is 0. The maximum Gasteiger partial charge on any atom is -0.000000000000000214 e. The van der Waals surface area contributed by atoms with Crippen LogP contribution in [-0.4, -0.2) is 376 Å². The summed E-state index contributed by atoms with van der Waals surface area (Å²) in [5.74, 6) is 0. The Morgan fingerprint density at radius 2 is 0.358 bits per heavy atom. The van der Waals surface area contributed by atoms with Gasteiger partial charge in [0.25, 0.3) is 0 Å². The normalized spacial score (nSPS) is 9.72. The minimum Gasteiger partial charge on any atom is -0.729 e. The van der Waals surface area contributed by atoms with Crippen molar-refractivity contribution < 1.29 is 0 Å². The Kier molecular flexibility index (Phi) is 27.7. The minimum absolute atomic E-state index is 1.11. The summed E-state index contributed by atoms with van der Waals surface area (Å²) in [6.07, 6.45) is -32.6. The van der Waals surface area contributed by atoms with Gasteiger partial charge in [-0.2, -0.15) is 0 Å². The zero-order valence-corrected chi connectivity index (χ0v) is 30.6. The van der Waals surface area contributed by atoms with Gasteiger partial charge in [-0.15, -0.1) is 6.39 Å². The summed E-state index contributed by atoms with van der Waals surface area (Å²) < 4.78 is 0. The van der Waals surface area contributed by atoms with Gasteiger partial charge >= 0.3 is 0 Å². The second kappa shape index (κ2) is 26.0. The van der Waals surface area contributed by atoms with Crippen LogP contribution >= 0.6 is 0 Å². The summed E-state index contributed by atoms with van der Waals surface area (Å²) in [6, 6.07) is 0. The number of rotatable bonds is 25. The zero-order chi connectivity index (χ0) is 42.1. The van der Waals surface area contributed by atoms with Gasteiger partial charge in [0.2, 0.25) is 0 Å². The van der Waals surface area contributed by atoms with E-state index in [0.717, 1.165) is 0 Å². The van der Waals surface area contributed by atoms with Crippen molar-refractivity contribution in [1.82, 2.24) is 0 Å². The molecule has 162 valence electrons. The summed E-state index contributed by atoms with van der Waals surface area (Å²) in [4.78, 5) is 0. The Hall–Kier alpha value is 3.44. The fourth-order valence-corrected chi connectivity index (χ4v) is 8.98. The molecule has 53 heteroatoms.